The minimum Gasteiger partial charge on any atom is -0.390 e. The summed E-state index contributed by atoms with van der Waals surface area (Å²) in [5.41, 5.74) is 0. The number of aromatic nitrogens is 6. The fourth-order valence-electron chi connectivity index (χ4n) is 2.15. The van der Waals surface area contributed by atoms with Crippen molar-refractivity contribution in [1.29, 1.82) is 0 Å². The summed E-state index contributed by atoms with van der Waals surface area (Å²) in [6.45, 7) is 3.87. The van der Waals surface area contributed by atoms with Crippen LogP contribution in [0.4, 0.5) is 5.95 Å². The van der Waals surface area contributed by atoms with E-state index < -0.39 is 10.9 Å². The van der Waals surface area contributed by atoms with Crippen LogP contribution >= 0.6 is 11.8 Å². The van der Waals surface area contributed by atoms with Gasteiger partial charge in [0.05, 0.1) is 12.4 Å². The number of hydrogen-bond acceptors (Lipinski definition) is 9. The smallest absolute Gasteiger partial charge is 0.390 e. The third-order valence-corrected chi connectivity index (χ3v) is 4.45. The first-order valence-corrected chi connectivity index (χ1v) is 9.38. The number of nitrogens with one attached hydrogen (secondary N) is 1. The first kappa shape index (κ1) is 20.8. The molecule has 148 valence electrons. The second kappa shape index (κ2) is 10.6. The van der Waals surface area contributed by atoms with E-state index in [4.69, 9.17) is 4.74 Å². The number of hydrogen-bond donors (Lipinski definition) is 1. The number of nitrogens with zero attached hydrogens (tertiary/aromatic N) is 7. The molecular formula is C14H22N8O4S. The Hall–Kier alpha value is -2.54. The van der Waals surface area contributed by atoms with Crippen LogP contribution in [0.5, 0.6) is 0 Å². The van der Waals surface area contributed by atoms with Crippen molar-refractivity contribution in [3.8, 4) is 0 Å². The van der Waals surface area contributed by atoms with Gasteiger partial charge in [0, 0.05) is 25.3 Å². The fraction of sp³-hybridized carbons (Fsp3) is 0.643. The summed E-state index contributed by atoms with van der Waals surface area (Å²) in [5, 5.41) is 26.2. The topological polar surface area (TPSA) is 143 Å². The van der Waals surface area contributed by atoms with Gasteiger partial charge < -0.3 is 24.7 Å². The molecule has 2 aromatic rings. The number of rotatable bonds is 12. The molecule has 0 aliphatic heterocycles. The van der Waals surface area contributed by atoms with Crippen molar-refractivity contribution in [2.75, 3.05) is 26.0 Å². The summed E-state index contributed by atoms with van der Waals surface area (Å²) < 4.78 is 8.14. The summed E-state index contributed by atoms with van der Waals surface area (Å²) in [6.07, 6.45) is 3.18. The molecule has 0 fully saturated rings. The van der Waals surface area contributed by atoms with Gasteiger partial charge in [0.15, 0.2) is 11.0 Å². The van der Waals surface area contributed by atoms with Crippen LogP contribution in [0, 0.1) is 10.1 Å². The van der Waals surface area contributed by atoms with Gasteiger partial charge in [-0.25, -0.2) is 0 Å². The molecule has 1 N–H and O–H groups in total. The van der Waals surface area contributed by atoms with Gasteiger partial charge in [-0.3, -0.25) is 4.79 Å². The molecule has 0 unspecified atom stereocenters. The van der Waals surface area contributed by atoms with Crippen molar-refractivity contribution in [2.24, 2.45) is 0 Å². The Kier molecular flexibility index (Phi) is 8.13. The van der Waals surface area contributed by atoms with Crippen molar-refractivity contribution >= 4 is 23.6 Å². The highest BCUT2D eigenvalue weighted by Gasteiger charge is 2.18. The van der Waals surface area contributed by atoms with E-state index in [9.17, 15) is 14.9 Å². The quantitative estimate of drug-likeness (QED) is 0.234. The van der Waals surface area contributed by atoms with Crippen molar-refractivity contribution in [2.45, 2.75) is 38.0 Å². The Morgan fingerprint density at radius 3 is 2.93 bits per heavy atom. The van der Waals surface area contributed by atoms with Crippen LogP contribution in [0.25, 0.3) is 0 Å². The summed E-state index contributed by atoms with van der Waals surface area (Å²) in [4.78, 5) is 25.5. The number of amides is 1. The maximum atomic E-state index is 11.8. The lowest BCUT2D eigenvalue weighted by Gasteiger charge is -2.09. The first-order valence-electron chi connectivity index (χ1n) is 8.39. The minimum atomic E-state index is -0.651. The van der Waals surface area contributed by atoms with Crippen LogP contribution in [-0.2, 0) is 22.6 Å². The second-order valence-electron chi connectivity index (χ2n) is 5.53. The number of methoxy groups -OCH3 is 1. The molecule has 27 heavy (non-hydrogen) atoms. The lowest BCUT2D eigenvalue weighted by atomic mass is 10.3. The van der Waals surface area contributed by atoms with Crippen molar-refractivity contribution in [3.63, 3.8) is 0 Å². The number of nitro groups is 1. The first-order chi connectivity index (χ1) is 13.0. The van der Waals surface area contributed by atoms with E-state index in [1.807, 2.05) is 4.57 Å². The molecule has 0 atom stereocenters. The van der Waals surface area contributed by atoms with Gasteiger partial charge in [-0.1, -0.05) is 30.1 Å². The Balaban J connectivity index is 2.04. The molecule has 0 aliphatic rings. The summed E-state index contributed by atoms with van der Waals surface area (Å²) in [5.74, 6) is 0.237. The zero-order valence-corrected chi connectivity index (χ0v) is 16.0. The average molecular weight is 398 g/mol. The molecule has 0 spiro atoms. The number of unbranched alkanes of at least 4 members (excludes halogenated alkanes) is 1. The number of carbonyl (C=O) groups excluding carboxylic acids is 1. The Labute approximate surface area is 159 Å². The van der Waals surface area contributed by atoms with Gasteiger partial charge in [0.2, 0.25) is 12.2 Å². The van der Waals surface area contributed by atoms with Crippen LogP contribution in [0.1, 0.15) is 25.6 Å². The number of carbonyl (C=O) groups is 1. The van der Waals surface area contributed by atoms with Crippen molar-refractivity contribution < 1.29 is 14.5 Å². The third-order valence-electron chi connectivity index (χ3n) is 3.48. The lowest BCUT2D eigenvalue weighted by molar-refractivity contribution is -0.394. The SMILES string of the molecule is CCCCn1c(Cn2cnc([N+](=O)[O-])n2)nnc1SCC(=O)NCCOC. The van der Waals surface area contributed by atoms with Gasteiger partial charge in [-0.05, 0) is 11.3 Å². The van der Waals surface area contributed by atoms with E-state index in [-0.39, 0.29) is 18.2 Å². The molecular weight excluding hydrogens is 376 g/mol. The van der Waals surface area contributed by atoms with E-state index in [0.29, 0.717) is 30.7 Å². The summed E-state index contributed by atoms with van der Waals surface area (Å²) >= 11 is 1.29. The van der Waals surface area contributed by atoms with Crippen LogP contribution in [0.2, 0.25) is 0 Å². The molecule has 12 nitrogen and oxygen atoms in total. The molecule has 2 rings (SSSR count). The van der Waals surface area contributed by atoms with E-state index >= 15 is 0 Å². The maximum Gasteiger partial charge on any atom is 0.490 e. The molecule has 2 heterocycles. The van der Waals surface area contributed by atoms with Gasteiger partial charge in [0.1, 0.15) is 6.54 Å². The molecule has 0 saturated carbocycles. The van der Waals surface area contributed by atoms with Gasteiger partial charge in [-0.15, -0.1) is 10.2 Å². The van der Waals surface area contributed by atoms with E-state index in [1.165, 1.54) is 22.8 Å². The predicted molar refractivity (Wildman–Crippen MR) is 96.3 cm³/mol. The van der Waals surface area contributed by atoms with Crippen molar-refractivity contribution in [3.05, 3.63) is 22.3 Å². The second-order valence-corrected chi connectivity index (χ2v) is 6.48. The molecule has 0 aromatic carbocycles. The Morgan fingerprint density at radius 2 is 2.26 bits per heavy atom. The van der Waals surface area contributed by atoms with E-state index in [0.717, 1.165) is 12.8 Å². The van der Waals surface area contributed by atoms with E-state index in [1.54, 1.807) is 7.11 Å². The highest BCUT2D eigenvalue weighted by Crippen LogP contribution is 2.18. The largest absolute Gasteiger partial charge is 0.490 e. The normalized spacial score (nSPS) is 10.9. The number of ether oxygens (including phenoxy) is 1. The lowest BCUT2D eigenvalue weighted by Crippen LogP contribution is -2.28. The Morgan fingerprint density at radius 1 is 1.44 bits per heavy atom. The van der Waals surface area contributed by atoms with Crippen LogP contribution < -0.4 is 5.32 Å². The average Bonchev–Trinajstić information content (AvgIpc) is 3.26. The van der Waals surface area contributed by atoms with Crippen LogP contribution in [-0.4, -0.2) is 66.4 Å². The molecule has 0 bridgehead atoms. The summed E-state index contributed by atoms with van der Waals surface area (Å²) in [7, 11) is 1.57. The molecule has 0 saturated heterocycles. The maximum absolute atomic E-state index is 11.8. The zero-order valence-electron chi connectivity index (χ0n) is 15.2. The molecule has 2 aromatic heterocycles. The fourth-order valence-corrected chi connectivity index (χ4v) is 2.96. The monoisotopic (exact) mass is 398 g/mol. The molecule has 0 radical (unpaired) electrons. The van der Waals surface area contributed by atoms with Crippen molar-refractivity contribution in [1.82, 2.24) is 34.8 Å². The predicted octanol–water partition coefficient (Wildman–Crippen LogP) is 0.481. The molecule has 13 heteroatoms. The standard InChI is InChI=1S/C14H22N8O4S/c1-3-4-6-21-11(8-20-10-16-13(19-20)22(24)25)17-18-14(21)27-9-12(23)15-5-7-26-2/h10H,3-9H2,1-2H3,(H,15,23). The minimum absolute atomic E-state index is 0.115. The van der Waals surface area contributed by atoms with Crippen LogP contribution in [0.3, 0.4) is 0 Å². The molecule has 0 aliphatic carbocycles. The third kappa shape index (κ3) is 6.29. The van der Waals surface area contributed by atoms with Crippen LogP contribution in [0.15, 0.2) is 11.5 Å². The molecule has 1 amide bonds. The summed E-state index contributed by atoms with van der Waals surface area (Å²) in [6, 6.07) is 0. The number of thioether (sulfide) groups is 1. The Bertz CT molecular complexity index is 762. The highest BCUT2D eigenvalue weighted by atomic mass is 32.2. The van der Waals surface area contributed by atoms with Gasteiger partial charge >= 0.3 is 5.95 Å². The van der Waals surface area contributed by atoms with E-state index in [2.05, 4.69) is 32.5 Å². The van der Waals surface area contributed by atoms with Gasteiger partial charge in [0.25, 0.3) is 0 Å². The van der Waals surface area contributed by atoms with Gasteiger partial charge in [-0.2, -0.15) is 4.68 Å². The zero-order chi connectivity index (χ0) is 19.6. The highest BCUT2D eigenvalue weighted by molar-refractivity contribution is 7.99.